The van der Waals surface area contributed by atoms with Gasteiger partial charge in [0.1, 0.15) is 18.1 Å². The first-order valence-corrected chi connectivity index (χ1v) is 13.4. The first-order chi connectivity index (χ1) is 19.3. The third kappa shape index (κ3) is 6.59. The van der Waals surface area contributed by atoms with E-state index in [1.807, 2.05) is 55.5 Å². The van der Waals surface area contributed by atoms with Gasteiger partial charge >= 0.3 is 0 Å². The Labute approximate surface area is 235 Å². The third-order valence-corrected chi connectivity index (χ3v) is 6.81. The summed E-state index contributed by atoms with van der Waals surface area (Å²) in [5.74, 6) is 0.712. The van der Waals surface area contributed by atoms with Crippen LogP contribution in [0, 0.1) is 12.8 Å². The van der Waals surface area contributed by atoms with Crippen LogP contribution in [0.1, 0.15) is 43.0 Å². The van der Waals surface area contributed by atoms with E-state index in [0.717, 1.165) is 23.1 Å². The molecule has 0 fully saturated rings. The summed E-state index contributed by atoms with van der Waals surface area (Å²) in [6.07, 6.45) is 0.810. The number of fused-ring (bicyclic) bond motifs is 1. The summed E-state index contributed by atoms with van der Waals surface area (Å²) < 4.78 is 12.8. The Kier molecular flexibility index (Phi) is 9.37. The molecular formula is C31H37N5O4. The Morgan fingerprint density at radius 3 is 2.42 bits per heavy atom. The van der Waals surface area contributed by atoms with Gasteiger partial charge in [-0.3, -0.25) is 9.59 Å². The summed E-state index contributed by atoms with van der Waals surface area (Å²) in [4.78, 5) is 29.7. The molecule has 4 rings (SSSR count). The van der Waals surface area contributed by atoms with Gasteiger partial charge in [-0.05, 0) is 43.0 Å². The highest BCUT2D eigenvalue weighted by atomic mass is 16.5. The first kappa shape index (κ1) is 28.6. The average Bonchev–Trinajstić information content (AvgIpc) is 3.35. The van der Waals surface area contributed by atoms with Crippen LogP contribution in [0.2, 0.25) is 0 Å². The molecule has 9 nitrogen and oxygen atoms in total. The monoisotopic (exact) mass is 543 g/mol. The molecule has 0 aliphatic rings. The molecule has 9 heteroatoms. The van der Waals surface area contributed by atoms with E-state index in [2.05, 4.69) is 29.5 Å². The van der Waals surface area contributed by atoms with Crippen molar-refractivity contribution in [3.63, 3.8) is 0 Å². The van der Waals surface area contributed by atoms with E-state index >= 15 is 0 Å². The summed E-state index contributed by atoms with van der Waals surface area (Å²) in [7, 11) is 3.08. The van der Waals surface area contributed by atoms with Crippen molar-refractivity contribution in [2.24, 2.45) is 5.92 Å². The standard InChI is InChI=1S/C31H37N5O4/c1-21(2)17-18-32-31(38)29(24-9-8-12-27(39-4)30(24)40-5)35(19-23-15-13-22(3)14-16-23)28(37)20-36-26-11-7-6-10-25(26)33-34-36/h6-16,21,29H,17-20H2,1-5H3,(H,32,38). The summed E-state index contributed by atoms with van der Waals surface area (Å²) in [5, 5.41) is 11.5. The van der Waals surface area contributed by atoms with Gasteiger partial charge in [0, 0.05) is 18.7 Å². The summed E-state index contributed by atoms with van der Waals surface area (Å²) in [5.41, 5.74) is 3.96. The minimum atomic E-state index is -0.985. The highest BCUT2D eigenvalue weighted by Crippen LogP contribution is 2.38. The predicted molar refractivity (Wildman–Crippen MR) is 154 cm³/mol. The van der Waals surface area contributed by atoms with E-state index in [0.29, 0.717) is 35.0 Å². The van der Waals surface area contributed by atoms with Crippen LogP contribution in [-0.4, -0.2) is 52.5 Å². The number of nitrogens with zero attached hydrogens (tertiary/aromatic N) is 4. The van der Waals surface area contributed by atoms with Crippen molar-refractivity contribution in [1.29, 1.82) is 0 Å². The van der Waals surface area contributed by atoms with Crippen LogP contribution >= 0.6 is 0 Å². The third-order valence-electron chi connectivity index (χ3n) is 6.81. The van der Waals surface area contributed by atoms with Crippen LogP contribution in [0.15, 0.2) is 66.7 Å². The Morgan fingerprint density at radius 1 is 0.975 bits per heavy atom. The van der Waals surface area contributed by atoms with E-state index in [1.54, 1.807) is 34.9 Å². The van der Waals surface area contributed by atoms with Crippen LogP contribution in [0.5, 0.6) is 11.5 Å². The van der Waals surface area contributed by atoms with Crippen LogP contribution in [0.3, 0.4) is 0 Å². The number of rotatable bonds is 12. The lowest BCUT2D eigenvalue weighted by Crippen LogP contribution is -2.45. The number of carbonyl (C=O) groups is 2. The minimum Gasteiger partial charge on any atom is -0.493 e. The number of benzene rings is 3. The zero-order chi connectivity index (χ0) is 28.6. The minimum absolute atomic E-state index is 0.0889. The van der Waals surface area contributed by atoms with Gasteiger partial charge < -0.3 is 19.7 Å². The normalized spacial score (nSPS) is 11.8. The van der Waals surface area contributed by atoms with Crippen molar-refractivity contribution in [2.75, 3.05) is 20.8 Å². The quantitative estimate of drug-likeness (QED) is 0.278. The van der Waals surface area contributed by atoms with Gasteiger partial charge in [-0.25, -0.2) is 4.68 Å². The van der Waals surface area contributed by atoms with Crippen molar-refractivity contribution in [3.05, 3.63) is 83.4 Å². The molecular weight excluding hydrogens is 506 g/mol. The number of methoxy groups -OCH3 is 2. The molecule has 0 saturated carbocycles. The second-order valence-electron chi connectivity index (χ2n) is 10.2. The van der Waals surface area contributed by atoms with Gasteiger partial charge in [0.05, 0.1) is 19.7 Å². The number of para-hydroxylation sites is 2. The lowest BCUT2D eigenvalue weighted by Gasteiger charge is -2.32. The molecule has 0 radical (unpaired) electrons. The van der Waals surface area contributed by atoms with Gasteiger partial charge in [0.2, 0.25) is 11.8 Å². The van der Waals surface area contributed by atoms with E-state index in [4.69, 9.17) is 9.47 Å². The van der Waals surface area contributed by atoms with Crippen molar-refractivity contribution in [2.45, 2.75) is 46.3 Å². The summed E-state index contributed by atoms with van der Waals surface area (Å²) >= 11 is 0. The van der Waals surface area contributed by atoms with E-state index in [-0.39, 0.29) is 24.9 Å². The molecule has 4 aromatic rings. The van der Waals surface area contributed by atoms with Gasteiger partial charge in [0.25, 0.3) is 0 Å². The van der Waals surface area contributed by atoms with Gasteiger partial charge in [0.15, 0.2) is 11.5 Å². The molecule has 0 saturated heterocycles. The molecule has 1 aromatic heterocycles. The SMILES string of the molecule is COc1cccc(C(C(=O)NCCC(C)C)N(Cc2ccc(C)cc2)C(=O)Cn2nnc3ccccc32)c1OC. The maximum Gasteiger partial charge on any atom is 0.247 e. The van der Waals surface area contributed by atoms with Crippen LogP contribution in [0.25, 0.3) is 11.0 Å². The topological polar surface area (TPSA) is 98.6 Å². The number of hydrogen-bond donors (Lipinski definition) is 1. The fourth-order valence-corrected chi connectivity index (χ4v) is 4.63. The Bertz CT molecular complexity index is 1450. The highest BCUT2D eigenvalue weighted by Gasteiger charge is 2.35. The fraction of sp³-hybridized carbons (Fsp3) is 0.355. The number of aryl methyl sites for hydroxylation is 1. The number of nitrogens with one attached hydrogen (secondary N) is 1. The molecule has 1 atom stereocenters. The van der Waals surface area contributed by atoms with Gasteiger partial charge in [-0.15, -0.1) is 5.10 Å². The largest absolute Gasteiger partial charge is 0.493 e. The Balaban J connectivity index is 1.80. The highest BCUT2D eigenvalue weighted by molar-refractivity contribution is 5.90. The molecule has 3 aromatic carbocycles. The summed E-state index contributed by atoms with van der Waals surface area (Å²) in [6, 6.07) is 19.8. The molecule has 2 amide bonds. The number of aromatic nitrogens is 3. The number of hydrogen-bond acceptors (Lipinski definition) is 6. The average molecular weight is 544 g/mol. The Hall–Kier alpha value is -4.40. The molecule has 1 unspecified atom stereocenters. The number of carbonyl (C=O) groups excluding carboxylic acids is 2. The second kappa shape index (κ2) is 13.1. The van der Waals surface area contributed by atoms with Crippen molar-refractivity contribution >= 4 is 22.8 Å². The molecule has 0 spiro atoms. The molecule has 40 heavy (non-hydrogen) atoms. The van der Waals surface area contributed by atoms with Crippen molar-refractivity contribution in [3.8, 4) is 11.5 Å². The molecule has 210 valence electrons. The van der Waals surface area contributed by atoms with Crippen LogP contribution in [-0.2, 0) is 22.7 Å². The maximum atomic E-state index is 14.2. The van der Waals surface area contributed by atoms with E-state index in [9.17, 15) is 9.59 Å². The number of ether oxygens (including phenoxy) is 2. The molecule has 0 aliphatic carbocycles. The Morgan fingerprint density at radius 2 is 1.73 bits per heavy atom. The summed E-state index contributed by atoms with van der Waals surface area (Å²) in [6.45, 7) is 6.81. The van der Waals surface area contributed by atoms with Gasteiger partial charge in [-0.1, -0.05) is 73.2 Å². The maximum absolute atomic E-state index is 14.2. The van der Waals surface area contributed by atoms with Gasteiger partial charge in [-0.2, -0.15) is 0 Å². The first-order valence-electron chi connectivity index (χ1n) is 13.4. The molecule has 0 bridgehead atoms. The second-order valence-corrected chi connectivity index (χ2v) is 10.2. The number of amides is 2. The zero-order valence-electron chi connectivity index (χ0n) is 23.8. The van der Waals surface area contributed by atoms with Crippen LogP contribution in [0.4, 0.5) is 0 Å². The zero-order valence-corrected chi connectivity index (χ0v) is 23.8. The van der Waals surface area contributed by atoms with Crippen molar-refractivity contribution < 1.29 is 19.1 Å². The lowest BCUT2D eigenvalue weighted by molar-refractivity contribution is -0.142. The smallest absolute Gasteiger partial charge is 0.247 e. The van der Waals surface area contributed by atoms with Crippen LogP contribution < -0.4 is 14.8 Å². The van der Waals surface area contributed by atoms with E-state index < -0.39 is 6.04 Å². The molecule has 0 aliphatic heterocycles. The molecule has 1 N–H and O–H groups in total. The predicted octanol–water partition coefficient (Wildman–Crippen LogP) is 4.69. The fourth-order valence-electron chi connectivity index (χ4n) is 4.63. The van der Waals surface area contributed by atoms with E-state index in [1.165, 1.54) is 7.11 Å². The van der Waals surface area contributed by atoms with Crippen molar-refractivity contribution in [1.82, 2.24) is 25.2 Å². The lowest BCUT2D eigenvalue weighted by atomic mass is 10.0. The molecule has 1 heterocycles.